The van der Waals surface area contributed by atoms with Crippen LogP contribution < -0.4 is 4.74 Å². The summed E-state index contributed by atoms with van der Waals surface area (Å²) in [6.07, 6.45) is 1.89. The zero-order valence-electron chi connectivity index (χ0n) is 14.5. The van der Waals surface area contributed by atoms with Crippen molar-refractivity contribution >= 4 is 23.6 Å². The normalized spacial score (nSPS) is 15.0. The number of carbonyl (C=O) groups is 1. The van der Waals surface area contributed by atoms with E-state index in [9.17, 15) is 4.79 Å². The van der Waals surface area contributed by atoms with E-state index in [1.165, 1.54) is 12.0 Å². The largest absolute Gasteiger partial charge is 0.481 e. The van der Waals surface area contributed by atoms with Crippen LogP contribution in [0, 0.1) is 0 Å². The van der Waals surface area contributed by atoms with Gasteiger partial charge in [0.25, 0.3) is 0 Å². The van der Waals surface area contributed by atoms with Crippen molar-refractivity contribution in [2.24, 2.45) is 0 Å². The molecule has 25 heavy (non-hydrogen) atoms. The Kier molecular flexibility index (Phi) is 4.84. The summed E-state index contributed by atoms with van der Waals surface area (Å²) in [7, 11) is 0. The van der Waals surface area contributed by atoms with E-state index in [0.717, 1.165) is 16.9 Å². The predicted molar refractivity (Wildman–Crippen MR) is 97.9 cm³/mol. The lowest BCUT2D eigenvalue weighted by Crippen LogP contribution is -2.43. The van der Waals surface area contributed by atoms with Crippen LogP contribution in [0.5, 0.6) is 5.75 Å². The summed E-state index contributed by atoms with van der Waals surface area (Å²) in [5, 5.41) is 1.91. The summed E-state index contributed by atoms with van der Waals surface area (Å²) >= 11 is 6.08. The highest BCUT2D eigenvalue weighted by Gasteiger charge is 2.36. The molecule has 3 rings (SSSR count). The van der Waals surface area contributed by atoms with Gasteiger partial charge in [-0.1, -0.05) is 41.9 Å². The Morgan fingerprint density at radius 3 is 2.60 bits per heavy atom. The smallest absolute Gasteiger partial charge is 0.247 e. The minimum Gasteiger partial charge on any atom is -0.481 e. The first-order chi connectivity index (χ1) is 11.9. The highest BCUT2D eigenvalue weighted by Crippen LogP contribution is 2.38. The van der Waals surface area contributed by atoms with Crippen molar-refractivity contribution in [2.45, 2.75) is 33.0 Å². The van der Waals surface area contributed by atoms with Gasteiger partial charge in [-0.3, -0.25) is 9.63 Å². The van der Waals surface area contributed by atoms with Gasteiger partial charge in [0.15, 0.2) is 0 Å². The fraction of sp³-hybridized carbons (Fsp3) is 0.250. The fourth-order valence-corrected chi connectivity index (χ4v) is 2.90. The van der Waals surface area contributed by atoms with Gasteiger partial charge in [0.05, 0.1) is 5.70 Å². The number of nitrogens with zero attached hydrogens (tertiary/aromatic N) is 1. The molecule has 0 aromatic heterocycles. The molecule has 0 unspecified atom stereocenters. The average molecular weight is 358 g/mol. The van der Waals surface area contributed by atoms with E-state index in [1.807, 2.05) is 62.4 Å². The number of fused-ring (bicyclic) bond motifs is 1. The summed E-state index contributed by atoms with van der Waals surface area (Å²) in [5.41, 5.74) is 1.71. The van der Waals surface area contributed by atoms with Crippen LogP contribution in [0.4, 0.5) is 0 Å². The Balaban J connectivity index is 1.92. The lowest BCUT2D eigenvalue weighted by molar-refractivity contribution is -0.183. The molecule has 0 atom stereocenters. The third kappa shape index (κ3) is 3.86. The number of hydrogen-bond acceptors (Lipinski definition) is 3. The molecule has 0 radical (unpaired) electrons. The standard InChI is InChI=1S/C20H20ClNO3/c1-14(23)22(24-13-15-7-5-4-6-8-15)19-12-16-11-17(21)9-10-18(16)25-20(19,2)3/h4-12H,13H2,1-3H3. The summed E-state index contributed by atoms with van der Waals surface area (Å²) in [6, 6.07) is 15.1. The molecule has 0 saturated heterocycles. The first-order valence-corrected chi connectivity index (χ1v) is 8.43. The molecular formula is C20H20ClNO3. The number of hydroxylamine groups is 2. The highest BCUT2D eigenvalue weighted by atomic mass is 35.5. The Hall–Kier alpha value is -2.30. The average Bonchev–Trinajstić information content (AvgIpc) is 2.56. The number of halogens is 1. The van der Waals surface area contributed by atoms with Crippen LogP contribution in [0.2, 0.25) is 5.02 Å². The first kappa shape index (κ1) is 17.5. The molecular weight excluding hydrogens is 338 g/mol. The zero-order chi connectivity index (χ0) is 18.0. The van der Waals surface area contributed by atoms with Crippen molar-refractivity contribution in [3.8, 4) is 5.75 Å². The van der Waals surface area contributed by atoms with E-state index < -0.39 is 5.60 Å². The van der Waals surface area contributed by atoms with E-state index in [1.54, 1.807) is 6.07 Å². The molecule has 0 fully saturated rings. The van der Waals surface area contributed by atoms with Crippen LogP contribution in [-0.4, -0.2) is 16.6 Å². The second kappa shape index (κ2) is 6.90. The summed E-state index contributed by atoms with van der Waals surface area (Å²) in [6.45, 7) is 5.56. The van der Waals surface area contributed by atoms with Crippen molar-refractivity contribution < 1.29 is 14.4 Å². The maximum absolute atomic E-state index is 12.2. The number of hydrogen-bond donors (Lipinski definition) is 0. The lowest BCUT2D eigenvalue weighted by Gasteiger charge is -2.38. The van der Waals surface area contributed by atoms with Gasteiger partial charge in [-0.05, 0) is 43.7 Å². The van der Waals surface area contributed by atoms with Gasteiger partial charge in [-0.25, -0.2) is 0 Å². The fourth-order valence-electron chi connectivity index (χ4n) is 2.72. The maximum atomic E-state index is 12.2. The molecule has 0 aliphatic carbocycles. The Morgan fingerprint density at radius 2 is 1.92 bits per heavy atom. The molecule has 1 amide bonds. The second-order valence-corrected chi connectivity index (χ2v) is 6.83. The van der Waals surface area contributed by atoms with Crippen LogP contribution in [0.1, 0.15) is 31.9 Å². The quantitative estimate of drug-likeness (QED) is 0.735. The summed E-state index contributed by atoms with van der Waals surface area (Å²) in [5.74, 6) is 0.508. The van der Waals surface area contributed by atoms with Crippen molar-refractivity contribution in [1.29, 1.82) is 0 Å². The molecule has 1 heterocycles. The van der Waals surface area contributed by atoms with Gasteiger partial charge in [0.1, 0.15) is 18.0 Å². The van der Waals surface area contributed by atoms with Gasteiger partial charge < -0.3 is 4.74 Å². The van der Waals surface area contributed by atoms with Crippen LogP contribution in [0.25, 0.3) is 6.08 Å². The Bertz CT molecular complexity index is 815. The van der Waals surface area contributed by atoms with Crippen LogP contribution in [0.3, 0.4) is 0 Å². The van der Waals surface area contributed by atoms with Gasteiger partial charge in [0.2, 0.25) is 5.91 Å². The number of rotatable bonds is 4. The molecule has 0 spiro atoms. The molecule has 5 heteroatoms. The number of carbonyl (C=O) groups excluding carboxylic acids is 1. The van der Waals surface area contributed by atoms with Crippen LogP contribution >= 0.6 is 11.6 Å². The molecule has 0 N–H and O–H groups in total. The first-order valence-electron chi connectivity index (χ1n) is 8.05. The van der Waals surface area contributed by atoms with E-state index >= 15 is 0 Å². The molecule has 130 valence electrons. The van der Waals surface area contributed by atoms with E-state index in [0.29, 0.717) is 10.7 Å². The Labute approximate surface area is 152 Å². The molecule has 0 saturated carbocycles. The van der Waals surface area contributed by atoms with Crippen molar-refractivity contribution in [3.63, 3.8) is 0 Å². The molecule has 2 aromatic rings. The van der Waals surface area contributed by atoms with Crippen molar-refractivity contribution in [2.75, 3.05) is 0 Å². The van der Waals surface area contributed by atoms with E-state index in [2.05, 4.69) is 0 Å². The number of amides is 1. The maximum Gasteiger partial charge on any atom is 0.247 e. The van der Waals surface area contributed by atoms with Crippen molar-refractivity contribution in [3.05, 3.63) is 70.4 Å². The third-order valence-electron chi connectivity index (χ3n) is 3.95. The third-order valence-corrected chi connectivity index (χ3v) is 4.19. The minimum absolute atomic E-state index is 0.218. The lowest BCUT2D eigenvalue weighted by atomic mass is 9.97. The van der Waals surface area contributed by atoms with Gasteiger partial charge in [-0.15, -0.1) is 0 Å². The minimum atomic E-state index is -0.719. The molecule has 4 nitrogen and oxygen atoms in total. The molecule has 2 aromatic carbocycles. The van der Waals surface area contributed by atoms with Gasteiger partial charge >= 0.3 is 0 Å². The van der Waals surface area contributed by atoms with Crippen molar-refractivity contribution in [1.82, 2.24) is 5.06 Å². The summed E-state index contributed by atoms with van der Waals surface area (Å²) < 4.78 is 6.07. The van der Waals surface area contributed by atoms with Crippen LogP contribution in [0.15, 0.2) is 54.2 Å². The number of benzene rings is 2. The molecule has 1 aliphatic heterocycles. The summed E-state index contributed by atoms with van der Waals surface area (Å²) in [4.78, 5) is 18.0. The molecule has 1 aliphatic rings. The van der Waals surface area contributed by atoms with Crippen LogP contribution in [-0.2, 0) is 16.2 Å². The topological polar surface area (TPSA) is 38.8 Å². The zero-order valence-corrected chi connectivity index (χ0v) is 15.2. The molecule has 0 bridgehead atoms. The van der Waals surface area contributed by atoms with Gasteiger partial charge in [-0.2, -0.15) is 5.06 Å². The Morgan fingerprint density at radius 1 is 1.20 bits per heavy atom. The SMILES string of the molecule is CC(=O)N(OCc1ccccc1)C1=Cc2cc(Cl)ccc2OC1(C)C. The van der Waals surface area contributed by atoms with E-state index in [-0.39, 0.29) is 12.5 Å². The monoisotopic (exact) mass is 357 g/mol. The second-order valence-electron chi connectivity index (χ2n) is 6.40. The van der Waals surface area contributed by atoms with E-state index in [4.69, 9.17) is 21.2 Å². The van der Waals surface area contributed by atoms with Gasteiger partial charge in [0, 0.05) is 17.5 Å². The predicted octanol–water partition coefficient (Wildman–Crippen LogP) is 4.83. The highest BCUT2D eigenvalue weighted by molar-refractivity contribution is 6.30. The number of ether oxygens (including phenoxy) is 1.